The highest BCUT2D eigenvalue weighted by atomic mass is 35.5. The molecule has 1 atom stereocenters. The Hall–Kier alpha value is -2.24. The Bertz CT molecular complexity index is 727. The van der Waals surface area contributed by atoms with Crippen LogP contribution in [0.4, 0.5) is 0 Å². The zero-order valence-electron chi connectivity index (χ0n) is 14.8. The molecule has 0 spiro atoms. The van der Waals surface area contributed by atoms with Gasteiger partial charge in [0, 0.05) is 6.42 Å². The first-order chi connectivity index (χ1) is 12.4. The number of ether oxygens (including phenoxy) is 1. The van der Waals surface area contributed by atoms with E-state index in [-0.39, 0.29) is 27.8 Å². The molecule has 0 fully saturated rings. The summed E-state index contributed by atoms with van der Waals surface area (Å²) in [5.74, 6) is -1.06. The summed E-state index contributed by atoms with van der Waals surface area (Å²) in [6, 6.07) is 10.1. The summed E-state index contributed by atoms with van der Waals surface area (Å²) in [4.78, 5) is 24.4. The van der Waals surface area contributed by atoms with Crippen LogP contribution in [0.1, 0.15) is 29.8 Å². The lowest BCUT2D eigenvalue weighted by molar-refractivity contribution is -0.142. The number of carbonyl (C=O) groups excluding carboxylic acids is 2. The van der Waals surface area contributed by atoms with E-state index in [1.165, 1.54) is 31.4 Å². The normalized spacial score (nSPS) is 11.0. The molecule has 0 aliphatic carbocycles. The van der Waals surface area contributed by atoms with Crippen LogP contribution in [0.3, 0.4) is 0 Å². The molecule has 0 saturated heterocycles. The van der Waals surface area contributed by atoms with E-state index < -0.39 is 17.9 Å². The van der Waals surface area contributed by atoms with Crippen molar-refractivity contribution in [1.82, 2.24) is 5.32 Å². The number of phenolic OH excluding ortho intramolecular Hbond substituents is 1. The molecule has 0 aliphatic rings. The van der Waals surface area contributed by atoms with E-state index >= 15 is 0 Å². The maximum absolute atomic E-state index is 12.4. The van der Waals surface area contributed by atoms with Gasteiger partial charge in [-0.1, -0.05) is 55.2 Å². The molecular formula is C19H21Cl2NO4. The lowest BCUT2D eigenvalue weighted by Gasteiger charge is -2.17. The number of methoxy groups -OCH3 is 1. The van der Waals surface area contributed by atoms with E-state index in [1.807, 2.05) is 13.8 Å². The summed E-state index contributed by atoms with van der Waals surface area (Å²) < 4.78 is 4.74. The molecule has 0 aliphatic heterocycles. The molecular weight excluding hydrogens is 377 g/mol. The minimum atomic E-state index is -0.917. The van der Waals surface area contributed by atoms with E-state index in [0.717, 1.165) is 5.56 Å². The third-order valence-electron chi connectivity index (χ3n) is 3.36. The van der Waals surface area contributed by atoms with Gasteiger partial charge >= 0.3 is 5.97 Å². The van der Waals surface area contributed by atoms with Gasteiger partial charge in [0.2, 0.25) is 0 Å². The van der Waals surface area contributed by atoms with Crippen molar-refractivity contribution in [3.05, 3.63) is 63.6 Å². The Labute approximate surface area is 162 Å². The predicted octanol–water partition coefficient (Wildman–Crippen LogP) is 4.24. The summed E-state index contributed by atoms with van der Waals surface area (Å²) in [5, 5.41) is 12.3. The van der Waals surface area contributed by atoms with Crippen LogP contribution in [0.5, 0.6) is 5.75 Å². The van der Waals surface area contributed by atoms with Gasteiger partial charge in [0.05, 0.1) is 22.7 Å². The molecule has 2 rings (SSSR count). The third kappa shape index (κ3) is 5.93. The fraction of sp³-hybridized carbons (Fsp3) is 0.263. The van der Waals surface area contributed by atoms with Crippen LogP contribution in [0.15, 0.2) is 42.5 Å². The Morgan fingerprint density at radius 3 is 2.12 bits per heavy atom. The Morgan fingerprint density at radius 2 is 1.62 bits per heavy atom. The first-order valence-electron chi connectivity index (χ1n) is 8.03. The standard InChI is InChI=1S/C17H15Cl2NO4.C2H6/c1-24-17(23)14(9-10-5-7-11(21)8-6-10)20-16(22)15-12(18)3-2-4-13(15)19;1-2/h2-8,14,21H,9H2,1H3,(H,20,22);1-2H3. The number of phenols is 1. The Morgan fingerprint density at radius 1 is 1.08 bits per heavy atom. The minimum Gasteiger partial charge on any atom is -0.508 e. The summed E-state index contributed by atoms with van der Waals surface area (Å²) in [6.45, 7) is 4.00. The average molecular weight is 398 g/mol. The van der Waals surface area contributed by atoms with Crippen LogP contribution in [0.2, 0.25) is 10.0 Å². The van der Waals surface area contributed by atoms with Crippen molar-refractivity contribution in [3.8, 4) is 5.75 Å². The molecule has 2 N–H and O–H groups in total. The molecule has 0 aromatic heterocycles. The van der Waals surface area contributed by atoms with Crippen molar-refractivity contribution >= 4 is 35.1 Å². The van der Waals surface area contributed by atoms with Crippen LogP contribution >= 0.6 is 23.2 Å². The van der Waals surface area contributed by atoms with Crippen LogP contribution in [-0.2, 0) is 16.0 Å². The summed E-state index contributed by atoms with van der Waals surface area (Å²) in [7, 11) is 1.24. The monoisotopic (exact) mass is 397 g/mol. The summed E-state index contributed by atoms with van der Waals surface area (Å²) in [6.07, 6.45) is 0.195. The van der Waals surface area contributed by atoms with Crippen molar-refractivity contribution in [2.75, 3.05) is 7.11 Å². The third-order valence-corrected chi connectivity index (χ3v) is 3.99. The van der Waals surface area contributed by atoms with Gasteiger partial charge in [0.25, 0.3) is 5.91 Å². The molecule has 2 aromatic carbocycles. The second kappa shape index (κ2) is 10.7. The number of hydrogen-bond acceptors (Lipinski definition) is 4. The number of carbonyl (C=O) groups is 2. The van der Waals surface area contributed by atoms with Gasteiger partial charge in [-0.05, 0) is 29.8 Å². The largest absolute Gasteiger partial charge is 0.508 e. The van der Waals surface area contributed by atoms with Gasteiger partial charge in [-0.3, -0.25) is 4.79 Å². The highest BCUT2D eigenvalue weighted by Gasteiger charge is 2.24. The van der Waals surface area contributed by atoms with Gasteiger partial charge in [-0.15, -0.1) is 0 Å². The van der Waals surface area contributed by atoms with Crippen molar-refractivity contribution in [3.63, 3.8) is 0 Å². The minimum absolute atomic E-state index is 0.0976. The van der Waals surface area contributed by atoms with Crippen molar-refractivity contribution < 1.29 is 19.4 Å². The number of hydrogen-bond donors (Lipinski definition) is 2. The number of rotatable bonds is 5. The van der Waals surface area contributed by atoms with Gasteiger partial charge < -0.3 is 15.2 Å². The van der Waals surface area contributed by atoms with E-state index in [9.17, 15) is 14.7 Å². The topological polar surface area (TPSA) is 75.6 Å². The zero-order valence-corrected chi connectivity index (χ0v) is 16.3. The van der Waals surface area contributed by atoms with Crippen molar-refractivity contribution in [2.45, 2.75) is 26.3 Å². The molecule has 26 heavy (non-hydrogen) atoms. The van der Waals surface area contributed by atoms with Gasteiger partial charge in [-0.2, -0.15) is 0 Å². The second-order valence-electron chi connectivity index (χ2n) is 5.02. The molecule has 1 amide bonds. The van der Waals surface area contributed by atoms with E-state index in [0.29, 0.717) is 0 Å². The fourth-order valence-corrected chi connectivity index (χ4v) is 2.72. The predicted molar refractivity (Wildman–Crippen MR) is 103 cm³/mol. The number of esters is 1. The molecule has 0 heterocycles. The SMILES string of the molecule is CC.COC(=O)C(Cc1ccc(O)cc1)NC(=O)c1c(Cl)cccc1Cl. The van der Waals surface area contributed by atoms with Gasteiger partial charge in [0.15, 0.2) is 0 Å². The van der Waals surface area contributed by atoms with E-state index in [4.69, 9.17) is 27.9 Å². The van der Waals surface area contributed by atoms with Gasteiger partial charge in [0.1, 0.15) is 11.8 Å². The second-order valence-corrected chi connectivity index (χ2v) is 5.83. The fourth-order valence-electron chi connectivity index (χ4n) is 2.15. The Kier molecular flexibility index (Phi) is 8.96. The lowest BCUT2D eigenvalue weighted by atomic mass is 10.1. The molecule has 2 aromatic rings. The molecule has 7 heteroatoms. The average Bonchev–Trinajstić information content (AvgIpc) is 2.64. The number of nitrogens with one attached hydrogen (secondary N) is 1. The highest BCUT2D eigenvalue weighted by Crippen LogP contribution is 2.24. The number of aromatic hydroxyl groups is 1. The first kappa shape index (κ1) is 21.8. The van der Waals surface area contributed by atoms with Crippen LogP contribution in [-0.4, -0.2) is 30.1 Å². The molecule has 5 nitrogen and oxygen atoms in total. The Balaban J connectivity index is 0.00000163. The maximum Gasteiger partial charge on any atom is 0.328 e. The maximum atomic E-state index is 12.4. The van der Waals surface area contributed by atoms with Crippen molar-refractivity contribution in [2.24, 2.45) is 0 Å². The van der Waals surface area contributed by atoms with Crippen LogP contribution < -0.4 is 5.32 Å². The number of amides is 1. The zero-order chi connectivity index (χ0) is 19.7. The van der Waals surface area contributed by atoms with Crippen molar-refractivity contribution in [1.29, 1.82) is 0 Å². The summed E-state index contributed by atoms with van der Waals surface area (Å²) in [5.41, 5.74) is 0.842. The van der Waals surface area contributed by atoms with Crippen LogP contribution in [0.25, 0.3) is 0 Å². The molecule has 1 unspecified atom stereocenters. The van der Waals surface area contributed by atoms with Gasteiger partial charge in [-0.25, -0.2) is 4.79 Å². The smallest absolute Gasteiger partial charge is 0.328 e. The van der Waals surface area contributed by atoms with E-state index in [1.54, 1.807) is 18.2 Å². The first-order valence-corrected chi connectivity index (χ1v) is 8.78. The number of benzene rings is 2. The molecule has 0 saturated carbocycles. The highest BCUT2D eigenvalue weighted by molar-refractivity contribution is 6.39. The molecule has 140 valence electrons. The molecule has 0 bridgehead atoms. The quantitative estimate of drug-likeness (QED) is 0.739. The number of halogens is 2. The molecule has 0 radical (unpaired) electrons. The lowest BCUT2D eigenvalue weighted by Crippen LogP contribution is -2.43. The summed E-state index contributed by atoms with van der Waals surface area (Å²) >= 11 is 12.0. The van der Waals surface area contributed by atoms with E-state index in [2.05, 4.69) is 5.32 Å². The van der Waals surface area contributed by atoms with Crippen LogP contribution in [0, 0.1) is 0 Å².